The first-order valence-electron chi connectivity index (χ1n) is 19.1. The molecule has 0 radical (unpaired) electrons. The van der Waals surface area contributed by atoms with E-state index in [2.05, 4.69) is 0 Å². The van der Waals surface area contributed by atoms with Crippen molar-refractivity contribution in [3.05, 3.63) is 201 Å². The third kappa shape index (κ3) is 8.64. The highest BCUT2D eigenvalue weighted by molar-refractivity contribution is 7.85. The molecule has 0 unspecified atom stereocenters. The highest BCUT2D eigenvalue weighted by Crippen LogP contribution is 2.39. The molecule has 59 heavy (non-hydrogen) atoms. The Kier molecular flexibility index (Phi) is 10.6. The molecule has 10 heteroatoms. The van der Waals surface area contributed by atoms with E-state index < -0.39 is 15.0 Å². The molecule has 5 N–H and O–H groups in total. The van der Waals surface area contributed by atoms with Crippen molar-refractivity contribution in [3.63, 3.8) is 0 Å². The second-order valence-corrected chi connectivity index (χ2v) is 16.3. The van der Waals surface area contributed by atoms with E-state index in [0.717, 1.165) is 27.9 Å². The number of hydrogen-bond acceptors (Lipinski definition) is 6. The van der Waals surface area contributed by atoms with Crippen LogP contribution in [0.2, 0.25) is 0 Å². The SMILES string of the molecule is C[n+]1ccc(/C=C/c2cc3c(O)c(c2)Cc2cc(S(=O)(=O)O)cc(c2O)Cc2cc(/C=C/c4cc[n+](-c5ccccc5)cc4)cc(c2O)Cc2cccc(c2O)C3)cc1. The van der Waals surface area contributed by atoms with Gasteiger partial charge in [0, 0.05) is 73.2 Å². The summed E-state index contributed by atoms with van der Waals surface area (Å²) in [5, 5.41) is 47.1. The second-order valence-electron chi connectivity index (χ2n) is 14.9. The summed E-state index contributed by atoms with van der Waals surface area (Å²) in [7, 11) is -2.81. The van der Waals surface area contributed by atoms with E-state index in [-0.39, 0.29) is 59.8 Å². The van der Waals surface area contributed by atoms with Gasteiger partial charge in [-0.3, -0.25) is 4.55 Å². The maximum atomic E-state index is 12.7. The fourth-order valence-corrected chi connectivity index (χ4v) is 8.11. The Hall–Kier alpha value is -7.01. The number of fused-ring (bicyclic) bond motifs is 8. The summed E-state index contributed by atoms with van der Waals surface area (Å²) in [6.45, 7) is 0. The van der Waals surface area contributed by atoms with Crippen LogP contribution in [0.5, 0.6) is 23.0 Å². The Labute approximate surface area is 342 Å². The molecule has 5 aromatic carbocycles. The van der Waals surface area contributed by atoms with Gasteiger partial charge in [0.05, 0.1) is 4.90 Å². The zero-order chi connectivity index (χ0) is 41.3. The lowest BCUT2D eigenvalue weighted by Crippen LogP contribution is -2.28. The lowest BCUT2D eigenvalue weighted by molar-refractivity contribution is -0.671. The lowest BCUT2D eigenvalue weighted by atomic mass is 9.89. The highest BCUT2D eigenvalue weighted by atomic mass is 32.2. The quantitative estimate of drug-likeness (QED) is 0.0851. The summed E-state index contributed by atoms with van der Waals surface area (Å²) < 4.78 is 39.5. The van der Waals surface area contributed by atoms with Crippen LogP contribution in [0.1, 0.15) is 66.8 Å². The minimum atomic E-state index is -4.74. The molecular weight excluding hydrogens is 761 g/mol. The molecule has 2 heterocycles. The molecule has 0 saturated heterocycles. The molecule has 2 aromatic heterocycles. The first-order valence-corrected chi connectivity index (χ1v) is 20.5. The van der Waals surface area contributed by atoms with E-state index in [4.69, 9.17) is 0 Å². The van der Waals surface area contributed by atoms with E-state index in [1.807, 2.05) is 138 Å². The Morgan fingerprint density at radius 2 is 0.831 bits per heavy atom. The van der Waals surface area contributed by atoms with Gasteiger partial charge in [-0.25, -0.2) is 4.57 Å². The summed E-state index contributed by atoms with van der Waals surface area (Å²) in [5.74, 6) is -0.342. The average Bonchev–Trinajstić information content (AvgIpc) is 3.22. The largest absolute Gasteiger partial charge is 0.507 e. The third-order valence-electron chi connectivity index (χ3n) is 10.7. The van der Waals surface area contributed by atoms with E-state index in [1.54, 1.807) is 24.3 Å². The second kappa shape index (κ2) is 16.1. The van der Waals surface area contributed by atoms with Crippen molar-refractivity contribution in [2.45, 2.75) is 30.6 Å². The predicted molar refractivity (Wildman–Crippen MR) is 227 cm³/mol. The van der Waals surface area contributed by atoms with Crippen molar-refractivity contribution in [1.29, 1.82) is 0 Å². The van der Waals surface area contributed by atoms with E-state index in [1.165, 1.54) is 12.1 Å². The van der Waals surface area contributed by atoms with Crippen molar-refractivity contribution < 1.29 is 42.5 Å². The summed E-state index contributed by atoms with van der Waals surface area (Å²) in [6.07, 6.45) is 15.5. The van der Waals surface area contributed by atoms with E-state index in [0.29, 0.717) is 33.4 Å². The predicted octanol–water partition coefficient (Wildman–Crippen LogP) is 7.87. The van der Waals surface area contributed by atoms with Gasteiger partial charge in [-0.05, 0) is 92.0 Å². The summed E-state index contributed by atoms with van der Waals surface area (Å²) in [4.78, 5) is -0.429. The number of aromatic nitrogens is 2. The molecule has 0 fully saturated rings. The number of phenolic OH excluding ortho intramolecular Hbond substituents is 4. The van der Waals surface area contributed by atoms with Gasteiger partial charge < -0.3 is 20.4 Å². The molecule has 0 aliphatic heterocycles. The van der Waals surface area contributed by atoms with Crippen LogP contribution in [0, 0.1) is 0 Å². The van der Waals surface area contributed by atoms with Gasteiger partial charge in [-0.2, -0.15) is 13.0 Å². The zero-order valence-corrected chi connectivity index (χ0v) is 33.0. The fraction of sp³-hybridized carbons (Fsp3) is 0.102. The topological polar surface area (TPSA) is 143 Å². The molecular formula is C49H42N2O7S+2. The van der Waals surface area contributed by atoms with Crippen LogP contribution >= 0.6 is 0 Å². The Bertz CT molecular complexity index is 2890. The Morgan fingerprint density at radius 1 is 0.458 bits per heavy atom. The average molecular weight is 803 g/mol. The van der Waals surface area contributed by atoms with Crippen LogP contribution < -0.4 is 9.13 Å². The lowest BCUT2D eigenvalue weighted by Gasteiger charge is -2.18. The van der Waals surface area contributed by atoms with Crippen LogP contribution in [0.4, 0.5) is 0 Å². The number of rotatable bonds is 6. The molecule has 8 bridgehead atoms. The van der Waals surface area contributed by atoms with Gasteiger partial charge in [0.2, 0.25) is 5.69 Å². The van der Waals surface area contributed by atoms with E-state index in [9.17, 15) is 33.4 Å². The minimum absolute atomic E-state index is 0.0391. The highest BCUT2D eigenvalue weighted by Gasteiger charge is 2.23. The number of hydrogen-bond donors (Lipinski definition) is 5. The van der Waals surface area contributed by atoms with Crippen LogP contribution in [-0.4, -0.2) is 33.4 Å². The molecule has 294 valence electrons. The zero-order valence-electron chi connectivity index (χ0n) is 32.2. The molecule has 0 amide bonds. The van der Waals surface area contributed by atoms with Crippen LogP contribution in [-0.2, 0) is 42.8 Å². The number of aryl methyl sites for hydroxylation is 1. The molecule has 0 spiro atoms. The van der Waals surface area contributed by atoms with Gasteiger partial charge in [-0.15, -0.1) is 0 Å². The molecule has 0 atom stereocenters. The first kappa shape index (κ1) is 38.8. The number of aromatic hydroxyl groups is 4. The van der Waals surface area contributed by atoms with Crippen LogP contribution in [0.15, 0.2) is 139 Å². The molecule has 9 nitrogen and oxygen atoms in total. The monoisotopic (exact) mass is 802 g/mol. The maximum Gasteiger partial charge on any atom is 0.294 e. The number of nitrogens with zero attached hydrogens (tertiary/aromatic N) is 2. The minimum Gasteiger partial charge on any atom is -0.507 e. The van der Waals surface area contributed by atoms with Gasteiger partial charge in [0.25, 0.3) is 10.1 Å². The standard InChI is InChI=1S/C49H40N2O7S/c1-50-18-14-32(15-19-50)10-12-34-22-38-26-36-6-5-7-37(46(36)52)27-39-23-35(13-11-33-16-20-51(21-17-33)44-8-3-2-4-9-44)25-41(48(39)54)29-43-31-45(59(56,57)58)30-42(49(43)55)28-40(24-34)47(38)53/h2-25,30-31H,26-29H2,1H3,(H3,52,55,56,57,58)/p+2. The summed E-state index contributed by atoms with van der Waals surface area (Å²) >= 11 is 0. The van der Waals surface area contributed by atoms with Crippen LogP contribution in [0.3, 0.4) is 0 Å². The van der Waals surface area contributed by atoms with Crippen LogP contribution in [0.25, 0.3) is 30.0 Å². The van der Waals surface area contributed by atoms with Crippen molar-refractivity contribution in [3.8, 4) is 28.7 Å². The van der Waals surface area contributed by atoms with Crippen molar-refractivity contribution in [1.82, 2.24) is 0 Å². The molecule has 1 aliphatic carbocycles. The first-order chi connectivity index (χ1) is 28.4. The number of pyridine rings is 2. The number of phenols is 4. The van der Waals surface area contributed by atoms with Gasteiger partial charge in [0.15, 0.2) is 24.8 Å². The number of benzene rings is 5. The third-order valence-corrected chi connectivity index (χ3v) is 11.5. The smallest absolute Gasteiger partial charge is 0.294 e. The molecule has 0 saturated carbocycles. The Morgan fingerprint density at radius 3 is 1.27 bits per heavy atom. The maximum absolute atomic E-state index is 12.7. The Balaban J connectivity index is 1.25. The van der Waals surface area contributed by atoms with Crippen molar-refractivity contribution >= 4 is 34.4 Å². The van der Waals surface area contributed by atoms with Crippen molar-refractivity contribution in [2.75, 3.05) is 0 Å². The molecule has 8 rings (SSSR count). The van der Waals surface area contributed by atoms with Gasteiger partial charge in [0.1, 0.15) is 30.0 Å². The fourth-order valence-electron chi connectivity index (χ4n) is 7.53. The summed E-state index contributed by atoms with van der Waals surface area (Å²) in [5.41, 5.74) is 7.54. The van der Waals surface area contributed by atoms with E-state index >= 15 is 0 Å². The van der Waals surface area contributed by atoms with Crippen molar-refractivity contribution in [2.24, 2.45) is 7.05 Å². The molecule has 1 aliphatic rings. The number of para-hydroxylation sites is 2. The van der Waals surface area contributed by atoms with Gasteiger partial charge >= 0.3 is 0 Å². The molecule has 7 aromatic rings. The normalized spacial score (nSPS) is 12.9. The summed E-state index contributed by atoms with van der Waals surface area (Å²) in [6, 6.07) is 32.8. The van der Waals surface area contributed by atoms with Gasteiger partial charge in [-0.1, -0.05) is 60.7 Å².